The highest BCUT2D eigenvalue weighted by atomic mass is 16.5. The smallest absolute Gasteiger partial charge is 0.119 e. The largest absolute Gasteiger partial charge is 0.497 e. The molecular weight excluding hydrogens is 372 g/mol. The second-order valence-electron chi connectivity index (χ2n) is 9.44. The monoisotopic (exact) mass is 404 g/mol. The Morgan fingerprint density at radius 1 is 0.833 bits per heavy atom. The van der Waals surface area contributed by atoms with E-state index in [0.717, 1.165) is 43.6 Å². The zero-order valence-corrected chi connectivity index (χ0v) is 18.6. The highest BCUT2D eigenvalue weighted by Gasteiger charge is 2.53. The van der Waals surface area contributed by atoms with E-state index in [0.29, 0.717) is 6.10 Å². The van der Waals surface area contributed by atoms with E-state index in [1.54, 1.807) is 25.4 Å². The lowest BCUT2D eigenvalue weighted by Gasteiger charge is -2.50. The van der Waals surface area contributed by atoms with E-state index in [-0.39, 0.29) is 10.8 Å². The summed E-state index contributed by atoms with van der Waals surface area (Å²) in [5.74, 6) is 1.87. The molecule has 3 heteroatoms. The van der Waals surface area contributed by atoms with Crippen molar-refractivity contribution in [1.82, 2.24) is 0 Å². The average Bonchev–Trinajstić information content (AvgIpc) is 3.15. The molecule has 0 amide bonds. The Morgan fingerprint density at radius 2 is 1.57 bits per heavy atom. The third-order valence-corrected chi connectivity index (χ3v) is 8.10. The zero-order chi connectivity index (χ0) is 20.9. The van der Waals surface area contributed by atoms with Crippen molar-refractivity contribution in [2.75, 3.05) is 21.3 Å². The van der Waals surface area contributed by atoms with Crippen molar-refractivity contribution in [1.29, 1.82) is 0 Å². The van der Waals surface area contributed by atoms with Crippen molar-refractivity contribution in [2.45, 2.75) is 57.0 Å². The summed E-state index contributed by atoms with van der Waals surface area (Å²) in [7, 11) is 5.36. The van der Waals surface area contributed by atoms with Gasteiger partial charge in [-0.15, -0.1) is 0 Å². The Morgan fingerprint density at radius 3 is 2.27 bits per heavy atom. The highest BCUT2D eigenvalue weighted by Crippen LogP contribution is 2.62. The lowest BCUT2D eigenvalue weighted by Crippen LogP contribution is -2.41. The van der Waals surface area contributed by atoms with Crippen LogP contribution >= 0.6 is 0 Å². The fourth-order valence-electron chi connectivity index (χ4n) is 6.54. The van der Waals surface area contributed by atoms with Crippen LogP contribution in [0.15, 0.2) is 53.6 Å². The molecule has 1 saturated carbocycles. The second kappa shape index (κ2) is 7.16. The van der Waals surface area contributed by atoms with Crippen LogP contribution in [0.2, 0.25) is 0 Å². The average molecular weight is 405 g/mol. The Hall–Kier alpha value is -2.26. The summed E-state index contributed by atoms with van der Waals surface area (Å²) in [5, 5.41) is 0. The van der Waals surface area contributed by atoms with Crippen LogP contribution in [0.25, 0.3) is 0 Å². The SMILES string of the molecule is COc1ccc([C@@]23CC[C@@]4(C)C[C@@H](OC)CC4=C2CCc2cc(OC)ccc23)cc1. The van der Waals surface area contributed by atoms with E-state index >= 15 is 0 Å². The van der Waals surface area contributed by atoms with Gasteiger partial charge in [-0.1, -0.05) is 36.3 Å². The maximum absolute atomic E-state index is 5.85. The van der Waals surface area contributed by atoms with Crippen LogP contribution < -0.4 is 9.47 Å². The summed E-state index contributed by atoms with van der Waals surface area (Å²) in [5.41, 5.74) is 7.82. The minimum atomic E-state index is -0.0520. The van der Waals surface area contributed by atoms with Gasteiger partial charge in [0.05, 0.1) is 20.3 Å². The molecule has 0 bridgehead atoms. The molecular formula is C27H32O3. The van der Waals surface area contributed by atoms with E-state index in [2.05, 4.69) is 49.4 Å². The van der Waals surface area contributed by atoms with Gasteiger partial charge in [0.25, 0.3) is 0 Å². The quantitative estimate of drug-likeness (QED) is 0.599. The van der Waals surface area contributed by atoms with Crippen LogP contribution in [-0.4, -0.2) is 27.4 Å². The standard InChI is InChI=1S/C27H32O3/c1-26-13-14-27(19-6-8-20(28-2)9-7-19)23-12-10-21(29-3)15-18(23)5-11-24(27)25(26)16-22(17-26)30-4/h6-10,12,15,22H,5,11,13-14,16-17H2,1-4H3/t22-,26-,27+/m0/s1. The summed E-state index contributed by atoms with van der Waals surface area (Å²) in [6.45, 7) is 2.47. The van der Waals surface area contributed by atoms with Gasteiger partial charge in [0.2, 0.25) is 0 Å². The maximum atomic E-state index is 5.85. The molecule has 3 atom stereocenters. The normalized spacial score (nSPS) is 29.8. The molecule has 2 aromatic rings. The molecule has 0 radical (unpaired) electrons. The van der Waals surface area contributed by atoms with Gasteiger partial charge in [-0.2, -0.15) is 0 Å². The van der Waals surface area contributed by atoms with Crippen LogP contribution in [0.3, 0.4) is 0 Å². The summed E-state index contributed by atoms with van der Waals surface area (Å²) in [4.78, 5) is 0. The predicted molar refractivity (Wildman–Crippen MR) is 119 cm³/mol. The summed E-state index contributed by atoms with van der Waals surface area (Å²) < 4.78 is 16.9. The van der Waals surface area contributed by atoms with Gasteiger partial charge in [0, 0.05) is 12.5 Å². The molecule has 0 aromatic heterocycles. The number of methoxy groups -OCH3 is 3. The van der Waals surface area contributed by atoms with Crippen molar-refractivity contribution < 1.29 is 14.2 Å². The fraction of sp³-hybridized carbons (Fsp3) is 0.481. The number of aryl methyl sites for hydroxylation is 1. The molecule has 0 spiro atoms. The van der Waals surface area contributed by atoms with Crippen LogP contribution in [0.5, 0.6) is 11.5 Å². The lowest BCUT2D eigenvalue weighted by molar-refractivity contribution is 0.0949. The van der Waals surface area contributed by atoms with Crippen LogP contribution in [0.4, 0.5) is 0 Å². The van der Waals surface area contributed by atoms with Crippen molar-refractivity contribution >= 4 is 0 Å². The van der Waals surface area contributed by atoms with E-state index in [4.69, 9.17) is 14.2 Å². The van der Waals surface area contributed by atoms with E-state index in [1.807, 2.05) is 7.11 Å². The van der Waals surface area contributed by atoms with Gasteiger partial charge in [0.1, 0.15) is 11.5 Å². The summed E-state index contributed by atoms with van der Waals surface area (Å²) in [6, 6.07) is 15.5. The Kier molecular flexibility index (Phi) is 4.70. The predicted octanol–water partition coefficient (Wildman–Crippen LogP) is 5.84. The molecule has 0 saturated heterocycles. The molecule has 0 aliphatic heterocycles. The zero-order valence-electron chi connectivity index (χ0n) is 18.6. The number of hydrogen-bond acceptors (Lipinski definition) is 3. The molecule has 0 unspecified atom stereocenters. The van der Waals surface area contributed by atoms with Crippen molar-refractivity contribution in [2.24, 2.45) is 5.41 Å². The van der Waals surface area contributed by atoms with Gasteiger partial charge >= 0.3 is 0 Å². The molecule has 5 rings (SSSR count). The van der Waals surface area contributed by atoms with E-state index < -0.39 is 0 Å². The van der Waals surface area contributed by atoms with E-state index in [1.165, 1.54) is 23.1 Å². The third kappa shape index (κ3) is 2.75. The third-order valence-electron chi connectivity index (χ3n) is 8.10. The van der Waals surface area contributed by atoms with Crippen molar-refractivity contribution in [3.8, 4) is 11.5 Å². The first kappa shape index (κ1) is 19.7. The molecule has 2 aromatic carbocycles. The van der Waals surface area contributed by atoms with Crippen LogP contribution in [-0.2, 0) is 16.6 Å². The van der Waals surface area contributed by atoms with Crippen LogP contribution in [0, 0.1) is 5.41 Å². The first-order valence-electron chi connectivity index (χ1n) is 11.1. The molecule has 158 valence electrons. The first-order valence-corrected chi connectivity index (χ1v) is 11.1. The summed E-state index contributed by atoms with van der Waals surface area (Å²) in [6.07, 6.45) is 7.11. The van der Waals surface area contributed by atoms with Crippen molar-refractivity contribution in [3.63, 3.8) is 0 Å². The number of benzene rings is 2. The molecule has 1 fully saturated rings. The minimum absolute atomic E-state index is 0.0520. The lowest BCUT2D eigenvalue weighted by atomic mass is 9.53. The number of allylic oxidation sites excluding steroid dienone is 1. The van der Waals surface area contributed by atoms with E-state index in [9.17, 15) is 0 Å². The number of hydrogen-bond donors (Lipinski definition) is 0. The number of fused-ring (bicyclic) bond motifs is 4. The molecule has 3 aliphatic rings. The number of ether oxygens (including phenoxy) is 3. The fourth-order valence-corrected chi connectivity index (χ4v) is 6.54. The Labute approximate surface area is 180 Å². The highest BCUT2D eigenvalue weighted by molar-refractivity contribution is 5.59. The van der Waals surface area contributed by atoms with Gasteiger partial charge in [-0.3, -0.25) is 0 Å². The topological polar surface area (TPSA) is 27.7 Å². The van der Waals surface area contributed by atoms with Gasteiger partial charge < -0.3 is 14.2 Å². The molecule has 0 N–H and O–H groups in total. The maximum Gasteiger partial charge on any atom is 0.119 e. The van der Waals surface area contributed by atoms with Crippen molar-refractivity contribution in [3.05, 3.63) is 70.3 Å². The minimum Gasteiger partial charge on any atom is -0.497 e. The van der Waals surface area contributed by atoms with Gasteiger partial charge in [-0.05, 0) is 84.9 Å². The second-order valence-corrected chi connectivity index (χ2v) is 9.44. The Bertz CT molecular complexity index is 990. The van der Waals surface area contributed by atoms with Gasteiger partial charge in [-0.25, -0.2) is 0 Å². The number of rotatable bonds is 4. The molecule has 3 aliphatic carbocycles. The summed E-state index contributed by atoms with van der Waals surface area (Å²) >= 11 is 0. The molecule has 3 nitrogen and oxygen atoms in total. The molecule has 0 heterocycles. The molecule has 30 heavy (non-hydrogen) atoms. The first-order chi connectivity index (χ1) is 14.5. The van der Waals surface area contributed by atoms with Gasteiger partial charge in [0.15, 0.2) is 0 Å². The van der Waals surface area contributed by atoms with Crippen LogP contribution in [0.1, 0.15) is 55.7 Å². The Balaban J connectivity index is 1.75.